The minimum atomic E-state index is 1.04. The maximum atomic E-state index is 5.03. The van der Waals surface area contributed by atoms with E-state index in [1.807, 2.05) is 25.6 Å². The first kappa shape index (κ1) is 17.1. The molecule has 4 heteroatoms. The van der Waals surface area contributed by atoms with E-state index in [9.17, 15) is 0 Å². The summed E-state index contributed by atoms with van der Waals surface area (Å²) < 4.78 is 0. The van der Waals surface area contributed by atoms with Gasteiger partial charge in [0, 0.05) is 41.5 Å². The molecule has 1 saturated heterocycles. The van der Waals surface area contributed by atoms with Gasteiger partial charge in [-0.1, -0.05) is 55.9 Å². The highest BCUT2D eigenvalue weighted by Crippen LogP contribution is 2.40. The van der Waals surface area contributed by atoms with Crippen molar-refractivity contribution in [2.75, 3.05) is 33.2 Å². The molecule has 0 radical (unpaired) electrons. The molecule has 0 aliphatic carbocycles. The standard InChI is InChI=1S/C18H19N3S.C2H6/c1-20-10-12-21(13-11-20)18-14-6-2-4-8-16(14)22-17-9-5-3-7-15(17)19-18;1-2/h2-9H,10-13H2,1H3;1-2H3. The maximum Gasteiger partial charge on any atom is 0.137 e. The van der Waals surface area contributed by atoms with Crippen LogP contribution in [0.25, 0.3) is 0 Å². The zero-order valence-corrected chi connectivity index (χ0v) is 15.5. The van der Waals surface area contributed by atoms with Gasteiger partial charge in [-0.25, -0.2) is 4.99 Å². The number of hydrogen-bond acceptors (Lipinski definition) is 4. The number of amidine groups is 1. The fourth-order valence-electron chi connectivity index (χ4n) is 2.93. The van der Waals surface area contributed by atoms with Crippen LogP contribution in [0.1, 0.15) is 19.4 Å². The van der Waals surface area contributed by atoms with E-state index >= 15 is 0 Å². The van der Waals surface area contributed by atoms with E-state index < -0.39 is 0 Å². The summed E-state index contributed by atoms with van der Waals surface area (Å²) in [5.74, 6) is 1.13. The van der Waals surface area contributed by atoms with Crippen LogP contribution in [-0.4, -0.2) is 48.9 Å². The van der Waals surface area contributed by atoms with Crippen molar-refractivity contribution in [1.82, 2.24) is 9.80 Å². The molecule has 0 aromatic heterocycles. The predicted molar refractivity (Wildman–Crippen MR) is 104 cm³/mol. The zero-order valence-electron chi connectivity index (χ0n) is 14.7. The smallest absolute Gasteiger partial charge is 0.137 e. The lowest BCUT2D eigenvalue weighted by Gasteiger charge is -2.34. The lowest BCUT2D eigenvalue weighted by molar-refractivity contribution is 0.215. The van der Waals surface area contributed by atoms with Gasteiger partial charge in [-0.2, -0.15) is 0 Å². The van der Waals surface area contributed by atoms with Crippen molar-refractivity contribution in [3.05, 3.63) is 54.1 Å². The molecule has 2 aliphatic heterocycles. The third-order valence-corrected chi connectivity index (χ3v) is 5.38. The van der Waals surface area contributed by atoms with Crippen molar-refractivity contribution in [1.29, 1.82) is 0 Å². The number of nitrogens with zero attached hydrogens (tertiary/aromatic N) is 3. The molecule has 1 fully saturated rings. The Morgan fingerprint density at radius 3 is 2.21 bits per heavy atom. The normalized spacial score (nSPS) is 17.0. The van der Waals surface area contributed by atoms with E-state index in [4.69, 9.17) is 4.99 Å². The summed E-state index contributed by atoms with van der Waals surface area (Å²) in [6.45, 7) is 8.26. The molecule has 2 aromatic carbocycles. The summed E-state index contributed by atoms with van der Waals surface area (Å²) in [5, 5.41) is 0. The Labute approximate surface area is 149 Å². The summed E-state index contributed by atoms with van der Waals surface area (Å²) in [6.07, 6.45) is 0. The van der Waals surface area contributed by atoms with E-state index in [1.54, 1.807) is 0 Å². The molecule has 126 valence electrons. The zero-order chi connectivity index (χ0) is 16.9. The third kappa shape index (κ3) is 3.50. The Hall–Kier alpha value is -1.78. The van der Waals surface area contributed by atoms with Crippen molar-refractivity contribution in [3.8, 4) is 0 Å². The molecule has 0 saturated carbocycles. The van der Waals surface area contributed by atoms with Crippen LogP contribution < -0.4 is 0 Å². The van der Waals surface area contributed by atoms with Crippen LogP contribution in [0.5, 0.6) is 0 Å². The molecule has 0 bridgehead atoms. The number of aliphatic imine (C=N–C) groups is 1. The second-order valence-corrected chi connectivity index (χ2v) is 6.88. The molecule has 2 aliphatic rings. The summed E-state index contributed by atoms with van der Waals surface area (Å²) in [5.41, 5.74) is 2.34. The van der Waals surface area contributed by atoms with Crippen LogP contribution in [0.4, 0.5) is 5.69 Å². The molecular weight excluding hydrogens is 314 g/mol. The van der Waals surface area contributed by atoms with Crippen molar-refractivity contribution >= 4 is 23.3 Å². The fraction of sp³-hybridized carbons (Fsp3) is 0.350. The summed E-state index contributed by atoms with van der Waals surface area (Å²) in [6, 6.07) is 17.1. The van der Waals surface area contributed by atoms with Crippen molar-refractivity contribution in [2.45, 2.75) is 23.6 Å². The Morgan fingerprint density at radius 2 is 1.46 bits per heavy atom. The van der Waals surface area contributed by atoms with Gasteiger partial charge < -0.3 is 9.80 Å². The average molecular weight is 340 g/mol. The molecule has 0 amide bonds. The highest BCUT2D eigenvalue weighted by molar-refractivity contribution is 7.99. The summed E-state index contributed by atoms with van der Waals surface area (Å²) in [7, 11) is 2.19. The number of benzene rings is 2. The van der Waals surface area contributed by atoms with E-state index in [0.717, 1.165) is 37.7 Å². The van der Waals surface area contributed by atoms with E-state index in [0.29, 0.717) is 0 Å². The fourth-order valence-corrected chi connectivity index (χ4v) is 3.95. The van der Waals surface area contributed by atoms with E-state index in [1.165, 1.54) is 15.4 Å². The number of likely N-dealkylation sites (N-methyl/N-ethyl adjacent to an activating group) is 1. The number of fused-ring (bicyclic) bond motifs is 2. The van der Waals surface area contributed by atoms with E-state index in [-0.39, 0.29) is 0 Å². The highest BCUT2D eigenvalue weighted by atomic mass is 32.2. The molecule has 0 N–H and O–H groups in total. The Morgan fingerprint density at radius 1 is 0.833 bits per heavy atom. The van der Waals surface area contributed by atoms with Gasteiger partial charge >= 0.3 is 0 Å². The second-order valence-electron chi connectivity index (χ2n) is 5.79. The molecule has 0 unspecified atom stereocenters. The minimum Gasteiger partial charge on any atom is -0.354 e. The van der Waals surface area contributed by atoms with Crippen molar-refractivity contribution < 1.29 is 0 Å². The third-order valence-electron chi connectivity index (χ3n) is 4.24. The minimum absolute atomic E-state index is 1.04. The molecule has 2 heterocycles. The lowest BCUT2D eigenvalue weighted by Crippen LogP contribution is -2.47. The number of hydrogen-bond donors (Lipinski definition) is 0. The Balaban J connectivity index is 0.000000815. The van der Waals surface area contributed by atoms with Gasteiger partial charge in [0.1, 0.15) is 5.84 Å². The SMILES string of the molecule is CC.CN1CCN(C2=Nc3ccccc3Sc3ccccc32)CC1. The molecule has 3 nitrogen and oxygen atoms in total. The molecular formula is C20H25N3S. The first-order valence-corrected chi connectivity index (χ1v) is 9.51. The van der Waals surface area contributed by atoms with E-state index in [2.05, 4.69) is 65.4 Å². The van der Waals surface area contributed by atoms with Crippen molar-refractivity contribution in [2.24, 2.45) is 4.99 Å². The van der Waals surface area contributed by atoms with Crippen LogP contribution in [0, 0.1) is 0 Å². The maximum absolute atomic E-state index is 5.03. The largest absolute Gasteiger partial charge is 0.354 e. The van der Waals surface area contributed by atoms with Gasteiger partial charge in [0.2, 0.25) is 0 Å². The highest BCUT2D eigenvalue weighted by Gasteiger charge is 2.23. The van der Waals surface area contributed by atoms with Gasteiger partial charge in [-0.15, -0.1) is 0 Å². The summed E-state index contributed by atoms with van der Waals surface area (Å²) in [4.78, 5) is 12.4. The second kappa shape index (κ2) is 7.86. The van der Waals surface area contributed by atoms with Gasteiger partial charge in [0.25, 0.3) is 0 Å². The van der Waals surface area contributed by atoms with Crippen LogP contribution >= 0.6 is 11.8 Å². The molecule has 2 aromatic rings. The Kier molecular flexibility index (Phi) is 5.59. The quantitative estimate of drug-likeness (QED) is 0.704. The van der Waals surface area contributed by atoms with Crippen LogP contribution in [0.3, 0.4) is 0 Å². The van der Waals surface area contributed by atoms with Crippen LogP contribution in [0.2, 0.25) is 0 Å². The molecule has 4 rings (SSSR count). The van der Waals surface area contributed by atoms with Gasteiger partial charge in [0.05, 0.1) is 5.69 Å². The first-order chi connectivity index (χ1) is 11.8. The topological polar surface area (TPSA) is 18.8 Å². The van der Waals surface area contributed by atoms with Crippen LogP contribution in [0.15, 0.2) is 63.3 Å². The average Bonchev–Trinajstić information content (AvgIpc) is 2.81. The van der Waals surface area contributed by atoms with Crippen LogP contribution in [-0.2, 0) is 0 Å². The predicted octanol–water partition coefficient (Wildman–Crippen LogP) is 4.50. The van der Waals surface area contributed by atoms with Gasteiger partial charge in [-0.05, 0) is 25.2 Å². The molecule has 0 atom stereocenters. The molecule has 24 heavy (non-hydrogen) atoms. The first-order valence-electron chi connectivity index (χ1n) is 8.70. The monoisotopic (exact) mass is 339 g/mol. The van der Waals surface area contributed by atoms with Gasteiger partial charge in [0.15, 0.2) is 0 Å². The Bertz CT molecular complexity index is 718. The number of para-hydroxylation sites is 1. The van der Waals surface area contributed by atoms with Gasteiger partial charge in [-0.3, -0.25) is 0 Å². The molecule has 0 spiro atoms. The number of piperazine rings is 1. The summed E-state index contributed by atoms with van der Waals surface area (Å²) >= 11 is 1.82. The lowest BCUT2D eigenvalue weighted by atomic mass is 10.1. The van der Waals surface area contributed by atoms with Crippen molar-refractivity contribution in [3.63, 3.8) is 0 Å². The number of rotatable bonds is 0.